The summed E-state index contributed by atoms with van der Waals surface area (Å²) in [6.45, 7) is 0.971. The molecule has 1 aromatic heterocycles. The van der Waals surface area contributed by atoms with Crippen LogP contribution in [0.1, 0.15) is 62.1 Å². The zero-order valence-electron chi connectivity index (χ0n) is 23.0. The topological polar surface area (TPSA) is 120 Å². The second-order valence-corrected chi connectivity index (χ2v) is 14.1. The molecule has 6 rings (SSSR count). The number of carbonyl (C=O) groups excluding carboxylic acids is 1. The number of ketones is 1. The first-order chi connectivity index (χ1) is 19.8. The van der Waals surface area contributed by atoms with Gasteiger partial charge in [0.2, 0.25) is 0 Å². The third kappa shape index (κ3) is 5.64. The van der Waals surface area contributed by atoms with Crippen LogP contribution in [0.3, 0.4) is 0 Å². The van der Waals surface area contributed by atoms with Crippen molar-refractivity contribution in [2.24, 2.45) is 11.3 Å². The van der Waals surface area contributed by atoms with E-state index in [1.807, 2.05) is 35.1 Å². The second kappa shape index (κ2) is 10.8. The summed E-state index contributed by atoms with van der Waals surface area (Å²) in [6, 6.07) is 20.0. The van der Waals surface area contributed by atoms with Crippen LogP contribution in [0.4, 0.5) is 5.69 Å². The Morgan fingerprint density at radius 2 is 1.61 bits per heavy atom. The van der Waals surface area contributed by atoms with Crippen molar-refractivity contribution in [1.29, 1.82) is 10.5 Å². The highest BCUT2D eigenvalue weighted by atomic mass is 32.2. The highest BCUT2D eigenvalue weighted by Gasteiger charge is 2.47. The SMILES string of the molecule is N#Cc1ccc(-n2cc(-c3ccc(N4CCS(=O)(=O)CC4)cc3)c([C@@H]3CCCC[C@H]3C(=O)CC3(C#N)CC3)n2)cc1. The van der Waals surface area contributed by atoms with Crippen LogP contribution in [-0.4, -0.2) is 48.6 Å². The van der Waals surface area contributed by atoms with E-state index in [0.29, 0.717) is 25.1 Å². The van der Waals surface area contributed by atoms with Gasteiger partial charge in [0.1, 0.15) is 5.78 Å². The van der Waals surface area contributed by atoms with Crippen molar-refractivity contribution < 1.29 is 13.2 Å². The Hall–Kier alpha value is -3.95. The van der Waals surface area contributed by atoms with Crippen LogP contribution in [0.15, 0.2) is 54.7 Å². The van der Waals surface area contributed by atoms with E-state index < -0.39 is 15.3 Å². The lowest BCUT2D eigenvalue weighted by molar-refractivity contribution is -0.125. The molecule has 0 bridgehead atoms. The molecule has 210 valence electrons. The molecule has 41 heavy (non-hydrogen) atoms. The highest BCUT2D eigenvalue weighted by Crippen LogP contribution is 2.51. The largest absolute Gasteiger partial charge is 0.369 e. The molecule has 3 fully saturated rings. The van der Waals surface area contributed by atoms with Crippen LogP contribution in [0.25, 0.3) is 16.8 Å². The first-order valence-corrected chi connectivity index (χ1v) is 16.2. The van der Waals surface area contributed by atoms with Gasteiger partial charge in [-0.25, -0.2) is 13.1 Å². The molecule has 3 aromatic rings. The molecule has 2 atom stereocenters. The van der Waals surface area contributed by atoms with Crippen molar-refractivity contribution in [3.8, 4) is 29.0 Å². The van der Waals surface area contributed by atoms with Crippen LogP contribution in [-0.2, 0) is 14.6 Å². The molecular weight excluding hydrogens is 534 g/mol. The van der Waals surface area contributed by atoms with E-state index in [4.69, 9.17) is 5.10 Å². The molecule has 1 aliphatic heterocycles. The predicted octanol–water partition coefficient (Wildman–Crippen LogP) is 5.18. The lowest BCUT2D eigenvalue weighted by Gasteiger charge is -2.31. The van der Waals surface area contributed by atoms with Gasteiger partial charge in [-0.3, -0.25) is 4.79 Å². The quantitative estimate of drug-likeness (QED) is 0.386. The summed E-state index contributed by atoms with van der Waals surface area (Å²) < 4.78 is 25.6. The highest BCUT2D eigenvalue weighted by molar-refractivity contribution is 7.91. The Morgan fingerprint density at radius 3 is 2.24 bits per heavy atom. The molecule has 2 saturated carbocycles. The van der Waals surface area contributed by atoms with Crippen molar-refractivity contribution in [2.45, 2.75) is 50.9 Å². The zero-order valence-corrected chi connectivity index (χ0v) is 23.8. The summed E-state index contributed by atoms with van der Waals surface area (Å²) in [5, 5.41) is 23.9. The van der Waals surface area contributed by atoms with Crippen LogP contribution < -0.4 is 4.90 Å². The van der Waals surface area contributed by atoms with Gasteiger partial charge in [-0.2, -0.15) is 15.6 Å². The molecule has 1 saturated heterocycles. The van der Waals surface area contributed by atoms with Gasteiger partial charge in [0.15, 0.2) is 9.84 Å². The Labute approximate surface area is 241 Å². The Morgan fingerprint density at radius 1 is 0.951 bits per heavy atom. The van der Waals surface area contributed by atoms with Crippen molar-refractivity contribution in [2.75, 3.05) is 29.5 Å². The Kier molecular flexibility index (Phi) is 7.17. The molecule has 0 unspecified atom stereocenters. The third-order valence-electron chi connectivity index (χ3n) is 9.03. The predicted molar refractivity (Wildman–Crippen MR) is 156 cm³/mol. The maximum atomic E-state index is 13.6. The van der Waals surface area contributed by atoms with Crippen LogP contribution >= 0.6 is 0 Å². The fourth-order valence-electron chi connectivity index (χ4n) is 6.31. The average molecular weight is 568 g/mol. The summed E-state index contributed by atoms with van der Waals surface area (Å²) in [5.74, 6) is 0.323. The monoisotopic (exact) mass is 567 g/mol. The molecule has 0 spiro atoms. The summed E-state index contributed by atoms with van der Waals surface area (Å²) in [7, 11) is -2.96. The number of Topliss-reactive ketones (excluding diaryl/α,β-unsaturated/α-hetero) is 1. The fraction of sp³-hybridized carbons (Fsp3) is 0.438. The van der Waals surface area contributed by atoms with E-state index in [0.717, 1.165) is 66.7 Å². The van der Waals surface area contributed by atoms with Crippen LogP contribution in [0.2, 0.25) is 0 Å². The Bertz CT molecular complexity index is 1630. The van der Waals surface area contributed by atoms with E-state index in [-0.39, 0.29) is 29.1 Å². The van der Waals surface area contributed by atoms with Gasteiger partial charge < -0.3 is 4.90 Å². The maximum absolute atomic E-state index is 13.6. The van der Waals surface area contributed by atoms with Crippen molar-refractivity contribution >= 4 is 21.3 Å². The smallest absolute Gasteiger partial charge is 0.153 e. The molecule has 3 aliphatic rings. The lowest BCUT2D eigenvalue weighted by Crippen LogP contribution is -2.40. The van der Waals surface area contributed by atoms with Gasteiger partial charge in [0.25, 0.3) is 0 Å². The van der Waals surface area contributed by atoms with Crippen LogP contribution in [0, 0.1) is 34.0 Å². The summed E-state index contributed by atoms with van der Waals surface area (Å²) in [6.07, 6.45) is 7.65. The van der Waals surface area contributed by atoms with Gasteiger partial charge in [0.05, 0.1) is 46.0 Å². The van der Waals surface area contributed by atoms with Gasteiger partial charge >= 0.3 is 0 Å². The zero-order chi connectivity index (χ0) is 28.6. The number of anilines is 1. The van der Waals surface area contributed by atoms with Crippen LogP contribution in [0.5, 0.6) is 0 Å². The lowest BCUT2D eigenvalue weighted by atomic mass is 9.72. The number of rotatable bonds is 7. The summed E-state index contributed by atoms with van der Waals surface area (Å²) in [5.41, 5.74) is 4.78. The standard InChI is InChI=1S/C32H33N5O3S/c33-20-23-5-9-26(10-6-23)37-21-29(24-7-11-25(12-8-24)36-15-17-41(39,40)18-16-36)31(35-37)28-4-2-1-3-27(28)30(38)19-32(22-34)13-14-32/h5-12,21,27-28H,1-4,13-19H2/t27-,28-/m1/s1. The molecular formula is C32H33N5O3S. The summed E-state index contributed by atoms with van der Waals surface area (Å²) >= 11 is 0. The molecule has 8 nitrogen and oxygen atoms in total. The first kappa shape index (κ1) is 27.2. The number of aromatic nitrogens is 2. The van der Waals surface area contributed by atoms with Gasteiger partial charge in [-0.1, -0.05) is 25.0 Å². The van der Waals surface area contributed by atoms with Crippen molar-refractivity contribution in [3.05, 3.63) is 66.0 Å². The minimum absolute atomic E-state index is 0.0349. The molecule has 9 heteroatoms. The Balaban J connectivity index is 1.35. The third-order valence-corrected chi connectivity index (χ3v) is 10.6. The van der Waals surface area contributed by atoms with E-state index in [9.17, 15) is 23.7 Å². The molecule has 2 aliphatic carbocycles. The number of sulfone groups is 1. The molecule has 0 N–H and O–H groups in total. The number of benzene rings is 2. The average Bonchev–Trinajstić information content (AvgIpc) is 3.63. The second-order valence-electron chi connectivity index (χ2n) is 11.7. The molecule has 2 heterocycles. The van der Waals surface area contributed by atoms with E-state index >= 15 is 0 Å². The number of hydrogen-bond donors (Lipinski definition) is 0. The minimum Gasteiger partial charge on any atom is -0.369 e. The number of nitriles is 2. The normalized spacial score (nSPS) is 22.8. The van der Waals surface area contributed by atoms with Crippen molar-refractivity contribution in [3.63, 3.8) is 0 Å². The number of carbonyl (C=O) groups is 1. The van der Waals surface area contributed by atoms with Gasteiger partial charge in [-0.05, 0) is 67.6 Å². The number of hydrogen-bond acceptors (Lipinski definition) is 7. The molecule has 2 aromatic carbocycles. The van der Waals surface area contributed by atoms with E-state index in [1.54, 1.807) is 12.1 Å². The summed E-state index contributed by atoms with van der Waals surface area (Å²) in [4.78, 5) is 15.7. The molecule has 0 radical (unpaired) electrons. The first-order valence-electron chi connectivity index (χ1n) is 14.4. The van der Waals surface area contributed by atoms with Crippen molar-refractivity contribution in [1.82, 2.24) is 9.78 Å². The van der Waals surface area contributed by atoms with Gasteiger partial charge in [0, 0.05) is 48.8 Å². The van der Waals surface area contributed by atoms with E-state index in [2.05, 4.69) is 29.2 Å². The fourth-order valence-corrected chi connectivity index (χ4v) is 7.52. The minimum atomic E-state index is -2.96. The number of nitrogens with zero attached hydrogens (tertiary/aromatic N) is 5. The maximum Gasteiger partial charge on any atom is 0.153 e. The van der Waals surface area contributed by atoms with E-state index in [1.165, 1.54) is 0 Å². The van der Waals surface area contributed by atoms with Gasteiger partial charge in [-0.15, -0.1) is 0 Å². The molecule has 0 amide bonds.